The average Bonchev–Trinajstić information content (AvgIpc) is 2.90. The maximum absolute atomic E-state index is 13.1. The summed E-state index contributed by atoms with van der Waals surface area (Å²) in [5, 5.41) is 9.59. The molecule has 5 nitrogen and oxygen atoms in total. The van der Waals surface area contributed by atoms with Crippen LogP contribution in [-0.4, -0.2) is 40.9 Å². The van der Waals surface area contributed by atoms with Crippen LogP contribution in [0.2, 0.25) is 0 Å². The molecule has 0 aliphatic carbocycles. The average molecular weight is 383 g/mol. The minimum Gasteiger partial charge on any atom is -0.478 e. The summed E-state index contributed by atoms with van der Waals surface area (Å²) < 4.78 is 76.1. The monoisotopic (exact) mass is 383 g/mol. The van der Waals surface area contributed by atoms with Crippen LogP contribution in [0.3, 0.4) is 0 Å². The van der Waals surface area contributed by atoms with Gasteiger partial charge in [0.05, 0.1) is 12.0 Å². The summed E-state index contributed by atoms with van der Waals surface area (Å²) in [5.74, 6) is -1.24. The lowest BCUT2D eigenvalue weighted by atomic mass is 10.1. The van der Waals surface area contributed by atoms with Crippen molar-refractivity contribution in [1.82, 2.24) is 10.4 Å². The van der Waals surface area contributed by atoms with Crippen LogP contribution in [0.25, 0.3) is 0 Å². The van der Waals surface area contributed by atoms with Crippen molar-refractivity contribution in [3.05, 3.63) is 47.7 Å². The van der Waals surface area contributed by atoms with E-state index in [1.54, 1.807) is 0 Å². The van der Waals surface area contributed by atoms with Gasteiger partial charge in [-0.05, 0) is 18.6 Å². The van der Waals surface area contributed by atoms with Gasteiger partial charge in [-0.3, -0.25) is 5.01 Å². The van der Waals surface area contributed by atoms with E-state index in [0.717, 1.165) is 30.5 Å². The second kappa shape index (κ2) is 8.21. The summed E-state index contributed by atoms with van der Waals surface area (Å²) in [4.78, 5) is 14.2. The second-order valence-electron chi connectivity index (χ2n) is 5.31. The number of allylic oxidation sites excluding steroid dienone is 3. The Hall–Kier alpha value is -2.56. The van der Waals surface area contributed by atoms with E-state index >= 15 is 0 Å². The van der Waals surface area contributed by atoms with Gasteiger partial charge in [0, 0.05) is 12.3 Å². The number of nitrogens with one attached hydrogen (secondary N) is 1. The van der Waals surface area contributed by atoms with Crippen LogP contribution >= 0.6 is 0 Å². The number of nitrogens with zero attached hydrogens (tertiary/aromatic N) is 2. The number of carbonyl (C=O) groups is 1. The predicted molar refractivity (Wildman–Crippen MR) is 81.7 cm³/mol. The third-order valence-corrected chi connectivity index (χ3v) is 2.89. The van der Waals surface area contributed by atoms with E-state index in [4.69, 9.17) is 5.11 Å². The number of halogens is 6. The zero-order chi connectivity index (χ0) is 20.1. The highest BCUT2D eigenvalue weighted by molar-refractivity contribution is 5.80. The fourth-order valence-electron chi connectivity index (χ4n) is 1.87. The van der Waals surface area contributed by atoms with Crippen molar-refractivity contribution in [2.24, 2.45) is 4.99 Å². The van der Waals surface area contributed by atoms with E-state index in [1.165, 1.54) is 0 Å². The molecule has 0 radical (unpaired) electrons. The maximum Gasteiger partial charge on any atom is 0.416 e. The van der Waals surface area contributed by atoms with E-state index in [0.29, 0.717) is 12.2 Å². The molecule has 1 aliphatic heterocycles. The molecule has 26 heavy (non-hydrogen) atoms. The molecule has 0 aromatic heterocycles. The molecule has 0 aromatic rings. The van der Waals surface area contributed by atoms with E-state index < -0.39 is 42.1 Å². The standard InChI is InChI=1S/C15H15F6N3O2/c1-9(7-14(16,17)18)5-11(15(19,20)21)6-10(2)13-22-8-24(23-13)4-3-12(25)26/h3-6,8,13,23H,2,7H2,1H3,(H,25,26)/b4-3-,9-5+,11-6+. The smallest absolute Gasteiger partial charge is 0.416 e. The van der Waals surface area contributed by atoms with E-state index in [9.17, 15) is 31.1 Å². The molecule has 11 heteroatoms. The molecule has 1 unspecified atom stereocenters. The number of hydrogen-bond donors (Lipinski definition) is 2. The van der Waals surface area contributed by atoms with Crippen molar-refractivity contribution in [3.63, 3.8) is 0 Å². The third-order valence-electron chi connectivity index (χ3n) is 2.89. The Labute approximate surface area is 144 Å². The highest BCUT2D eigenvalue weighted by Gasteiger charge is 2.34. The van der Waals surface area contributed by atoms with Crippen LogP contribution < -0.4 is 5.43 Å². The van der Waals surface area contributed by atoms with Crippen molar-refractivity contribution >= 4 is 12.3 Å². The molecule has 1 rings (SSSR count). The van der Waals surface area contributed by atoms with Crippen LogP contribution in [0.4, 0.5) is 26.3 Å². The van der Waals surface area contributed by atoms with Gasteiger partial charge in [-0.25, -0.2) is 15.2 Å². The first-order valence-electron chi connectivity index (χ1n) is 6.98. The Morgan fingerprint density at radius 2 is 1.92 bits per heavy atom. The number of alkyl halides is 6. The summed E-state index contributed by atoms with van der Waals surface area (Å²) in [5.41, 5.74) is 0.557. The summed E-state index contributed by atoms with van der Waals surface area (Å²) in [6.07, 6.45) is -8.06. The van der Waals surface area contributed by atoms with Gasteiger partial charge in [0.1, 0.15) is 12.5 Å². The fourth-order valence-corrected chi connectivity index (χ4v) is 1.87. The highest BCUT2D eigenvalue weighted by atomic mass is 19.4. The molecule has 1 aliphatic rings. The number of aliphatic carboxylic acids is 1. The number of hydrogen-bond acceptors (Lipinski definition) is 4. The Balaban J connectivity index is 2.94. The van der Waals surface area contributed by atoms with Crippen LogP contribution in [0.15, 0.2) is 52.7 Å². The lowest BCUT2D eigenvalue weighted by Gasteiger charge is -2.16. The SMILES string of the molecule is C=C(/C=C(\C=C(/C)CC(F)(F)F)C(F)(F)F)C1N=CN(/C=C\C(=O)O)N1. The first-order valence-corrected chi connectivity index (χ1v) is 6.98. The number of carboxylic acids is 1. The minimum atomic E-state index is -4.89. The van der Waals surface area contributed by atoms with Crippen molar-refractivity contribution in [2.45, 2.75) is 31.9 Å². The molecule has 0 aromatic carbocycles. The summed E-state index contributed by atoms with van der Waals surface area (Å²) in [6, 6.07) is 0. The Morgan fingerprint density at radius 1 is 1.31 bits per heavy atom. The number of carboxylic acid groups (broad SMARTS) is 1. The van der Waals surface area contributed by atoms with E-state index in [1.807, 2.05) is 0 Å². The van der Waals surface area contributed by atoms with Crippen LogP contribution in [0.1, 0.15) is 13.3 Å². The Kier molecular flexibility index (Phi) is 6.79. The summed E-state index contributed by atoms with van der Waals surface area (Å²) >= 11 is 0. The zero-order valence-corrected chi connectivity index (χ0v) is 13.4. The molecule has 0 bridgehead atoms. The van der Waals surface area contributed by atoms with Gasteiger partial charge < -0.3 is 5.11 Å². The molecule has 1 heterocycles. The van der Waals surface area contributed by atoms with Gasteiger partial charge in [-0.2, -0.15) is 26.3 Å². The first kappa shape index (κ1) is 21.5. The molecule has 0 fully saturated rings. The van der Waals surface area contributed by atoms with Gasteiger partial charge in [0.25, 0.3) is 0 Å². The summed E-state index contributed by atoms with van der Waals surface area (Å²) in [7, 11) is 0. The van der Waals surface area contributed by atoms with Crippen LogP contribution in [0, 0.1) is 0 Å². The lowest BCUT2D eigenvalue weighted by Crippen LogP contribution is -2.34. The quantitative estimate of drug-likeness (QED) is 0.417. The number of hydrazine groups is 1. The van der Waals surface area contributed by atoms with Crippen molar-refractivity contribution < 1.29 is 36.2 Å². The third kappa shape index (κ3) is 7.55. The number of rotatable bonds is 6. The minimum absolute atomic E-state index is 0.171. The zero-order valence-electron chi connectivity index (χ0n) is 13.4. The largest absolute Gasteiger partial charge is 0.478 e. The van der Waals surface area contributed by atoms with Gasteiger partial charge in [-0.1, -0.05) is 18.2 Å². The van der Waals surface area contributed by atoms with Gasteiger partial charge >= 0.3 is 18.3 Å². The Morgan fingerprint density at radius 3 is 2.42 bits per heavy atom. The lowest BCUT2D eigenvalue weighted by molar-refractivity contribution is -0.131. The van der Waals surface area contributed by atoms with Crippen molar-refractivity contribution in [2.75, 3.05) is 0 Å². The summed E-state index contributed by atoms with van der Waals surface area (Å²) in [6.45, 7) is 4.38. The van der Waals surface area contributed by atoms with E-state index in [-0.39, 0.29) is 5.57 Å². The normalized spacial score (nSPS) is 19.5. The fraction of sp³-hybridized carbons (Fsp3) is 0.333. The molecule has 1 atom stereocenters. The topological polar surface area (TPSA) is 64.9 Å². The van der Waals surface area contributed by atoms with E-state index in [2.05, 4.69) is 17.0 Å². The van der Waals surface area contributed by atoms with Crippen molar-refractivity contribution in [1.29, 1.82) is 0 Å². The molecular weight excluding hydrogens is 368 g/mol. The molecule has 144 valence electrons. The molecule has 0 amide bonds. The molecule has 2 N–H and O–H groups in total. The van der Waals surface area contributed by atoms with Gasteiger partial charge in [-0.15, -0.1) is 0 Å². The molecule has 0 spiro atoms. The maximum atomic E-state index is 13.1. The van der Waals surface area contributed by atoms with Gasteiger partial charge in [0.2, 0.25) is 0 Å². The second-order valence-corrected chi connectivity index (χ2v) is 5.31. The Bertz CT molecular complexity index is 674. The van der Waals surface area contributed by atoms with Crippen LogP contribution in [-0.2, 0) is 4.79 Å². The number of aliphatic imine (C=N–C) groups is 1. The van der Waals surface area contributed by atoms with Gasteiger partial charge in [0.15, 0.2) is 0 Å². The first-order chi connectivity index (χ1) is 11.8. The molecule has 0 saturated carbocycles. The van der Waals surface area contributed by atoms with Crippen LogP contribution in [0.5, 0.6) is 0 Å². The highest BCUT2D eigenvalue weighted by Crippen LogP contribution is 2.31. The molecule has 0 saturated heterocycles. The van der Waals surface area contributed by atoms with Crippen molar-refractivity contribution in [3.8, 4) is 0 Å². The molecular formula is C15H15F6N3O2. The predicted octanol–water partition coefficient (Wildman–Crippen LogP) is 3.70.